The van der Waals surface area contributed by atoms with Crippen molar-refractivity contribution >= 4 is 11.6 Å². The molecule has 2 nitrogen and oxygen atoms in total. The van der Waals surface area contributed by atoms with E-state index in [2.05, 4.69) is 0 Å². The Morgan fingerprint density at radius 2 is 2.21 bits per heavy atom. The summed E-state index contributed by atoms with van der Waals surface area (Å²) in [5, 5.41) is 9.29. The van der Waals surface area contributed by atoms with Crippen LogP contribution in [-0.4, -0.2) is 12.2 Å². The molecular weight excluding hydrogens is 207 g/mol. The van der Waals surface area contributed by atoms with Crippen LogP contribution in [0.2, 0.25) is 5.02 Å². The first-order valence-corrected chi connectivity index (χ1v) is 4.59. The Hall–Kier alpha value is -0.640. The molecule has 0 bridgehead atoms. The van der Waals surface area contributed by atoms with Crippen molar-refractivity contribution in [2.24, 2.45) is 0 Å². The molecule has 0 saturated heterocycles. The zero-order chi connectivity index (χ0) is 10.7. The highest BCUT2D eigenvalue weighted by molar-refractivity contribution is 6.30. The minimum absolute atomic E-state index is 0.00968. The van der Waals surface area contributed by atoms with Gasteiger partial charge in [-0.25, -0.2) is 4.39 Å². The normalized spacial score (nSPS) is 12.9. The number of methoxy groups -OCH3 is 1. The summed E-state index contributed by atoms with van der Waals surface area (Å²) >= 11 is 5.66. The molecular formula is C10H12ClFO2. The number of halogens is 2. The SMILES string of the molecule is COCc1cc(Cl)c(F)c(C(C)O)c1. The van der Waals surface area contributed by atoms with Gasteiger partial charge < -0.3 is 9.84 Å². The van der Waals surface area contributed by atoms with E-state index in [9.17, 15) is 9.50 Å². The van der Waals surface area contributed by atoms with Gasteiger partial charge in [-0.2, -0.15) is 0 Å². The summed E-state index contributed by atoms with van der Waals surface area (Å²) in [6.45, 7) is 1.84. The first kappa shape index (κ1) is 11.4. The lowest BCUT2D eigenvalue weighted by molar-refractivity contribution is 0.181. The Bertz CT molecular complexity index is 326. The summed E-state index contributed by atoms with van der Waals surface area (Å²) < 4.78 is 18.2. The molecule has 1 aromatic carbocycles. The molecule has 1 N–H and O–H groups in total. The number of rotatable bonds is 3. The van der Waals surface area contributed by atoms with E-state index in [0.717, 1.165) is 5.56 Å². The molecule has 78 valence electrons. The van der Waals surface area contributed by atoms with E-state index in [4.69, 9.17) is 16.3 Å². The molecule has 0 aliphatic carbocycles. The van der Waals surface area contributed by atoms with Gasteiger partial charge in [-0.3, -0.25) is 0 Å². The molecule has 0 amide bonds. The second-order valence-corrected chi connectivity index (χ2v) is 3.50. The van der Waals surface area contributed by atoms with E-state index in [1.165, 1.54) is 13.0 Å². The van der Waals surface area contributed by atoms with Crippen LogP contribution in [0.25, 0.3) is 0 Å². The predicted molar refractivity (Wildman–Crippen MR) is 52.8 cm³/mol. The van der Waals surface area contributed by atoms with Crippen LogP contribution >= 0.6 is 11.6 Å². The monoisotopic (exact) mass is 218 g/mol. The summed E-state index contributed by atoms with van der Waals surface area (Å²) in [4.78, 5) is 0. The van der Waals surface area contributed by atoms with Gasteiger partial charge in [0.1, 0.15) is 5.82 Å². The van der Waals surface area contributed by atoms with Crippen molar-refractivity contribution in [3.05, 3.63) is 34.1 Å². The Balaban J connectivity index is 3.14. The maximum atomic E-state index is 13.3. The van der Waals surface area contributed by atoms with Crippen molar-refractivity contribution in [3.63, 3.8) is 0 Å². The first-order valence-electron chi connectivity index (χ1n) is 4.21. The molecule has 0 aromatic heterocycles. The summed E-state index contributed by atoms with van der Waals surface area (Å²) in [5.41, 5.74) is 0.944. The fourth-order valence-corrected chi connectivity index (χ4v) is 1.47. The number of aliphatic hydroxyl groups excluding tert-OH is 1. The molecule has 4 heteroatoms. The van der Waals surface area contributed by atoms with Gasteiger partial charge in [0.05, 0.1) is 17.7 Å². The first-order chi connectivity index (χ1) is 6.56. The third-order valence-corrected chi connectivity index (χ3v) is 2.15. The predicted octanol–water partition coefficient (Wildman–Crippen LogP) is 2.68. The maximum Gasteiger partial charge on any atom is 0.147 e. The van der Waals surface area contributed by atoms with Crippen LogP contribution < -0.4 is 0 Å². The Kier molecular flexibility index (Phi) is 3.86. The van der Waals surface area contributed by atoms with Gasteiger partial charge in [-0.15, -0.1) is 0 Å². The fourth-order valence-electron chi connectivity index (χ4n) is 1.22. The van der Waals surface area contributed by atoms with E-state index >= 15 is 0 Å². The second-order valence-electron chi connectivity index (χ2n) is 3.09. The largest absolute Gasteiger partial charge is 0.389 e. The number of hydrogen-bond acceptors (Lipinski definition) is 2. The van der Waals surface area contributed by atoms with Crippen molar-refractivity contribution in [3.8, 4) is 0 Å². The van der Waals surface area contributed by atoms with E-state index in [-0.39, 0.29) is 10.6 Å². The Morgan fingerprint density at radius 3 is 2.71 bits per heavy atom. The van der Waals surface area contributed by atoms with E-state index in [1.807, 2.05) is 0 Å². The lowest BCUT2D eigenvalue weighted by Crippen LogP contribution is -1.99. The molecule has 0 aliphatic heterocycles. The van der Waals surface area contributed by atoms with Gasteiger partial charge in [0.15, 0.2) is 0 Å². The van der Waals surface area contributed by atoms with Crippen LogP contribution in [0.15, 0.2) is 12.1 Å². The molecule has 0 heterocycles. The average Bonchev–Trinajstić information content (AvgIpc) is 2.11. The zero-order valence-corrected chi connectivity index (χ0v) is 8.81. The van der Waals surface area contributed by atoms with Gasteiger partial charge in [-0.1, -0.05) is 11.6 Å². The van der Waals surface area contributed by atoms with E-state index < -0.39 is 11.9 Å². The number of aliphatic hydroxyl groups is 1. The molecule has 0 radical (unpaired) electrons. The molecule has 0 saturated carbocycles. The van der Waals surface area contributed by atoms with Crippen molar-refractivity contribution in [1.82, 2.24) is 0 Å². The highest BCUT2D eigenvalue weighted by Crippen LogP contribution is 2.25. The van der Waals surface area contributed by atoms with E-state index in [1.54, 1.807) is 13.2 Å². The molecule has 1 atom stereocenters. The van der Waals surface area contributed by atoms with Crippen LogP contribution in [-0.2, 0) is 11.3 Å². The summed E-state index contributed by atoms with van der Waals surface area (Å²) in [7, 11) is 1.54. The third kappa shape index (κ3) is 2.44. The topological polar surface area (TPSA) is 29.5 Å². The van der Waals surface area contributed by atoms with Crippen LogP contribution in [0.5, 0.6) is 0 Å². The molecule has 0 spiro atoms. The lowest BCUT2D eigenvalue weighted by atomic mass is 10.1. The number of hydrogen-bond donors (Lipinski definition) is 1. The quantitative estimate of drug-likeness (QED) is 0.845. The van der Waals surface area contributed by atoms with Gasteiger partial charge in [0, 0.05) is 12.7 Å². The van der Waals surface area contributed by atoms with Crippen molar-refractivity contribution in [1.29, 1.82) is 0 Å². The molecule has 1 unspecified atom stereocenters. The summed E-state index contributed by atoms with van der Waals surface area (Å²) in [6, 6.07) is 3.04. The van der Waals surface area contributed by atoms with Gasteiger partial charge in [0.25, 0.3) is 0 Å². The van der Waals surface area contributed by atoms with Crippen LogP contribution in [0.4, 0.5) is 4.39 Å². The van der Waals surface area contributed by atoms with Gasteiger partial charge >= 0.3 is 0 Å². The lowest BCUT2D eigenvalue weighted by Gasteiger charge is -2.10. The van der Waals surface area contributed by atoms with Gasteiger partial charge in [0.2, 0.25) is 0 Å². The minimum atomic E-state index is -0.871. The zero-order valence-electron chi connectivity index (χ0n) is 8.05. The van der Waals surface area contributed by atoms with Gasteiger partial charge in [-0.05, 0) is 24.6 Å². The number of ether oxygens (including phenoxy) is 1. The molecule has 1 rings (SSSR count). The third-order valence-electron chi connectivity index (χ3n) is 1.88. The molecule has 1 aromatic rings. The Morgan fingerprint density at radius 1 is 1.57 bits per heavy atom. The van der Waals surface area contributed by atoms with E-state index in [0.29, 0.717) is 6.61 Å². The van der Waals surface area contributed by atoms with Crippen molar-refractivity contribution < 1.29 is 14.2 Å². The summed E-state index contributed by atoms with van der Waals surface area (Å²) in [5.74, 6) is -0.568. The second kappa shape index (κ2) is 4.73. The minimum Gasteiger partial charge on any atom is -0.389 e. The number of benzene rings is 1. The highest BCUT2D eigenvalue weighted by atomic mass is 35.5. The molecule has 14 heavy (non-hydrogen) atoms. The molecule has 0 aliphatic rings. The van der Waals surface area contributed by atoms with Crippen LogP contribution in [0.1, 0.15) is 24.2 Å². The van der Waals surface area contributed by atoms with Crippen molar-refractivity contribution in [2.45, 2.75) is 19.6 Å². The standard InChI is InChI=1S/C10H12ClFO2/c1-6(13)8-3-7(5-14-2)4-9(11)10(8)12/h3-4,6,13H,5H2,1-2H3. The summed E-state index contributed by atoms with van der Waals surface area (Å²) in [6.07, 6.45) is -0.871. The van der Waals surface area contributed by atoms with Crippen molar-refractivity contribution in [2.75, 3.05) is 7.11 Å². The van der Waals surface area contributed by atoms with Crippen LogP contribution in [0, 0.1) is 5.82 Å². The highest BCUT2D eigenvalue weighted by Gasteiger charge is 2.13. The average molecular weight is 219 g/mol. The molecule has 0 fully saturated rings. The smallest absolute Gasteiger partial charge is 0.147 e. The van der Waals surface area contributed by atoms with Crippen LogP contribution in [0.3, 0.4) is 0 Å². The fraction of sp³-hybridized carbons (Fsp3) is 0.400. The Labute approximate surface area is 87.3 Å². The maximum absolute atomic E-state index is 13.3.